The Morgan fingerprint density at radius 2 is 1.02 bits per heavy atom. The van der Waals surface area contributed by atoms with Crippen LogP contribution in [0.25, 0.3) is 106 Å². The van der Waals surface area contributed by atoms with Gasteiger partial charge in [-0.25, -0.2) is 15.0 Å². The van der Waals surface area contributed by atoms with Gasteiger partial charge in [0, 0.05) is 38.3 Å². The predicted octanol–water partition coefficient (Wildman–Crippen LogP) is 13.8. The zero-order valence-corrected chi connectivity index (χ0v) is 32.5. The zero-order chi connectivity index (χ0) is 39.2. The number of rotatable bonds is 5. The minimum atomic E-state index is -0.0874. The molecule has 0 atom stereocenters. The molecule has 59 heavy (non-hydrogen) atoms. The van der Waals surface area contributed by atoms with E-state index in [2.05, 4.69) is 164 Å². The fourth-order valence-electron chi connectivity index (χ4n) is 9.35. The molecule has 278 valence electrons. The molecule has 0 radical (unpaired) electrons. The molecule has 1 aliphatic carbocycles. The highest BCUT2D eigenvalue weighted by Gasteiger charge is 2.36. The second-order valence-corrected chi connectivity index (χ2v) is 16.0. The number of aromatic nitrogens is 4. The summed E-state index contributed by atoms with van der Waals surface area (Å²) < 4.78 is 9.15. The third-order valence-corrected chi connectivity index (χ3v) is 12.3. The molecule has 12 rings (SSSR count). The molecule has 1 aliphatic rings. The molecule has 0 spiro atoms. The van der Waals surface area contributed by atoms with Crippen molar-refractivity contribution in [3.63, 3.8) is 0 Å². The molecule has 3 aromatic heterocycles. The Hall–Kier alpha value is -7.63. The van der Waals surface area contributed by atoms with Crippen LogP contribution in [-0.2, 0) is 5.41 Å². The van der Waals surface area contributed by atoms with E-state index < -0.39 is 0 Å². The van der Waals surface area contributed by atoms with Crippen LogP contribution in [0.1, 0.15) is 25.0 Å². The van der Waals surface area contributed by atoms with Gasteiger partial charge < -0.3 is 8.98 Å². The maximum absolute atomic E-state index is 6.73. The molecule has 8 aromatic carbocycles. The molecule has 5 heteroatoms. The summed E-state index contributed by atoms with van der Waals surface area (Å²) in [5, 5.41) is 4.59. The average Bonchev–Trinajstić information content (AvgIpc) is 3.91. The Labute approximate surface area is 340 Å². The Morgan fingerprint density at radius 1 is 0.407 bits per heavy atom. The highest BCUT2D eigenvalue weighted by Crippen LogP contribution is 2.51. The minimum absolute atomic E-state index is 0.0874. The Morgan fingerprint density at radius 3 is 1.80 bits per heavy atom. The maximum Gasteiger partial charge on any atom is 0.164 e. The number of hydrogen-bond donors (Lipinski definition) is 0. The zero-order valence-electron chi connectivity index (χ0n) is 32.5. The lowest BCUT2D eigenvalue weighted by Crippen LogP contribution is -2.14. The molecule has 0 unspecified atom stereocenters. The van der Waals surface area contributed by atoms with E-state index in [9.17, 15) is 0 Å². The molecule has 0 aliphatic heterocycles. The molecule has 0 saturated heterocycles. The Balaban J connectivity index is 1.02. The van der Waals surface area contributed by atoms with Crippen LogP contribution < -0.4 is 0 Å². The summed E-state index contributed by atoms with van der Waals surface area (Å²) in [5.74, 6) is 1.82. The number of hydrogen-bond acceptors (Lipinski definition) is 4. The van der Waals surface area contributed by atoms with Crippen molar-refractivity contribution in [3.05, 3.63) is 193 Å². The van der Waals surface area contributed by atoms with Crippen LogP contribution in [0.15, 0.2) is 186 Å². The monoisotopic (exact) mass is 756 g/mol. The first-order valence-corrected chi connectivity index (χ1v) is 20.1. The number of para-hydroxylation sites is 1. The summed E-state index contributed by atoms with van der Waals surface area (Å²) in [6.07, 6.45) is 0. The lowest BCUT2D eigenvalue weighted by atomic mass is 9.82. The van der Waals surface area contributed by atoms with Crippen molar-refractivity contribution in [2.24, 2.45) is 0 Å². The number of nitrogens with zero attached hydrogens (tertiary/aromatic N) is 4. The van der Waals surface area contributed by atoms with Crippen molar-refractivity contribution in [2.75, 3.05) is 0 Å². The van der Waals surface area contributed by atoms with E-state index in [-0.39, 0.29) is 5.41 Å². The lowest BCUT2D eigenvalue weighted by molar-refractivity contribution is 0.661. The van der Waals surface area contributed by atoms with Crippen LogP contribution in [0.4, 0.5) is 0 Å². The molecule has 0 fully saturated rings. The summed E-state index contributed by atoms with van der Waals surface area (Å²) >= 11 is 0. The van der Waals surface area contributed by atoms with Crippen LogP contribution in [-0.4, -0.2) is 19.5 Å². The molecular formula is C54H36N4O. The maximum atomic E-state index is 6.73. The van der Waals surface area contributed by atoms with Crippen LogP contribution in [0.2, 0.25) is 0 Å². The van der Waals surface area contributed by atoms with Gasteiger partial charge in [0.1, 0.15) is 11.2 Å². The van der Waals surface area contributed by atoms with Crippen molar-refractivity contribution in [3.8, 4) is 62.1 Å². The number of furan rings is 1. The summed E-state index contributed by atoms with van der Waals surface area (Å²) in [6, 6.07) is 64.1. The Kier molecular flexibility index (Phi) is 7.20. The van der Waals surface area contributed by atoms with Crippen molar-refractivity contribution >= 4 is 43.7 Å². The summed E-state index contributed by atoms with van der Waals surface area (Å²) in [7, 11) is 0. The standard InChI is InChI=1S/C54H36N4O/c1-54(2)43-20-11-9-18-38(43)41-32-47-42(31-44(41)54)39-19-10-12-21-45(39)58(47)46-22-13-23-48-50(46)40-29-28-37(30-49(40)59-48)53-56-51(35-16-7-4-8-17-35)55-52(57-53)36-26-24-34(25-27-36)33-14-5-3-6-15-33/h3-32H,1-2H3. The molecule has 5 nitrogen and oxygen atoms in total. The van der Waals surface area contributed by atoms with E-state index in [1.807, 2.05) is 36.4 Å². The minimum Gasteiger partial charge on any atom is -0.456 e. The summed E-state index contributed by atoms with van der Waals surface area (Å²) in [4.78, 5) is 15.1. The van der Waals surface area contributed by atoms with Gasteiger partial charge in [-0.15, -0.1) is 0 Å². The first kappa shape index (κ1) is 33.5. The fraction of sp³-hybridized carbons (Fsp3) is 0.0556. The van der Waals surface area contributed by atoms with Crippen LogP contribution in [0.3, 0.4) is 0 Å². The predicted molar refractivity (Wildman–Crippen MR) is 241 cm³/mol. The average molecular weight is 757 g/mol. The molecule has 11 aromatic rings. The van der Waals surface area contributed by atoms with E-state index in [0.29, 0.717) is 17.5 Å². The van der Waals surface area contributed by atoms with Crippen molar-refractivity contribution in [1.29, 1.82) is 0 Å². The van der Waals surface area contributed by atoms with Crippen LogP contribution in [0.5, 0.6) is 0 Å². The topological polar surface area (TPSA) is 56.7 Å². The Bertz CT molecular complexity index is 3450. The quantitative estimate of drug-likeness (QED) is 0.175. The number of fused-ring (bicyclic) bond motifs is 9. The second kappa shape index (κ2) is 12.7. The molecule has 0 saturated carbocycles. The first-order chi connectivity index (χ1) is 29.0. The van der Waals surface area contributed by atoms with Gasteiger partial charge in [-0.3, -0.25) is 0 Å². The lowest BCUT2D eigenvalue weighted by Gasteiger charge is -2.21. The van der Waals surface area contributed by atoms with Crippen LogP contribution >= 0.6 is 0 Å². The van der Waals surface area contributed by atoms with Gasteiger partial charge >= 0.3 is 0 Å². The van der Waals surface area contributed by atoms with Crippen molar-refractivity contribution in [1.82, 2.24) is 19.5 Å². The highest BCUT2D eigenvalue weighted by atomic mass is 16.3. The van der Waals surface area contributed by atoms with Gasteiger partial charge in [-0.2, -0.15) is 0 Å². The van der Waals surface area contributed by atoms with E-state index >= 15 is 0 Å². The van der Waals surface area contributed by atoms with Crippen molar-refractivity contribution < 1.29 is 4.42 Å². The third kappa shape index (κ3) is 5.14. The molecular weight excluding hydrogens is 721 g/mol. The van der Waals surface area contributed by atoms with E-state index in [1.54, 1.807) is 0 Å². The van der Waals surface area contributed by atoms with Gasteiger partial charge in [0.2, 0.25) is 0 Å². The summed E-state index contributed by atoms with van der Waals surface area (Å²) in [6.45, 7) is 4.69. The molecule has 0 bridgehead atoms. The van der Waals surface area contributed by atoms with E-state index in [1.165, 1.54) is 49.6 Å². The largest absolute Gasteiger partial charge is 0.456 e. The van der Waals surface area contributed by atoms with Crippen LogP contribution in [0, 0.1) is 0 Å². The van der Waals surface area contributed by atoms with Crippen molar-refractivity contribution in [2.45, 2.75) is 19.3 Å². The van der Waals surface area contributed by atoms with Gasteiger partial charge in [0.05, 0.1) is 22.1 Å². The normalized spacial score (nSPS) is 13.1. The smallest absolute Gasteiger partial charge is 0.164 e. The summed E-state index contributed by atoms with van der Waals surface area (Å²) in [5.41, 5.74) is 15.3. The van der Waals surface area contributed by atoms with Gasteiger partial charge in [0.15, 0.2) is 17.5 Å². The van der Waals surface area contributed by atoms with E-state index in [4.69, 9.17) is 19.4 Å². The fourth-order valence-corrected chi connectivity index (χ4v) is 9.35. The molecule has 0 N–H and O–H groups in total. The molecule has 0 amide bonds. The SMILES string of the molecule is CC1(C)c2ccccc2-c2cc3c(cc21)c1ccccc1n3-c1cccc2oc3cc(-c4nc(-c5ccccc5)nc(-c5ccc(-c6ccccc6)cc5)n4)ccc3c12. The second-order valence-electron chi connectivity index (χ2n) is 16.0. The van der Waals surface area contributed by atoms with Gasteiger partial charge in [0.25, 0.3) is 0 Å². The first-order valence-electron chi connectivity index (χ1n) is 20.1. The number of benzene rings is 8. The third-order valence-electron chi connectivity index (χ3n) is 12.3. The van der Waals surface area contributed by atoms with Gasteiger partial charge in [-0.05, 0) is 75.8 Å². The highest BCUT2D eigenvalue weighted by molar-refractivity contribution is 6.15. The van der Waals surface area contributed by atoms with E-state index in [0.717, 1.165) is 49.9 Å². The molecule has 3 heterocycles. The van der Waals surface area contributed by atoms with Gasteiger partial charge in [-0.1, -0.05) is 153 Å².